The minimum atomic E-state index is -0.282. The van der Waals surface area contributed by atoms with Crippen molar-refractivity contribution >= 4 is 10.8 Å². The average Bonchev–Trinajstić information content (AvgIpc) is 2.23. The van der Waals surface area contributed by atoms with E-state index in [1.54, 1.807) is 6.07 Å². The fourth-order valence-corrected chi connectivity index (χ4v) is 1.77. The summed E-state index contributed by atoms with van der Waals surface area (Å²) < 4.78 is 13.4. The number of phenols is 2. The van der Waals surface area contributed by atoms with Gasteiger partial charge in [-0.3, -0.25) is 0 Å². The molecule has 0 aliphatic rings. The van der Waals surface area contributed by atoms with Crippen molar-refractivity contribution in [3.8, 4) is 11.5 Å². The van der Waals surface area contributed by atoms with Crippen molar-refractivity contribution in [3.63, 3.8) is 0 Å². The van der Waals surface area contributed by atoms with Crippen molar-refractivity contribution in [2.75, 3.05) is 0 Å². The molecule has 0 saturated carbocycles. The number of aryl methyl sites for hydroxylation is 1. The van der Waals surface area contributed by atoms with E-state index in [-0.39, 0.29) is 17.3 Å². The second-order valence-corrected chi connectivity index (χ2v) is 3.41. The van der Waals surface area contributed by atoms with E-state index in [4.69, 9.17) is 0 Å². The summed E-state index contributed by atoms with van der Waals surface area (Å²) >= 11 is 0. The van der Waals surface area contributed by atoms with Gasteiger partial charge in [-0.2, -0.15) is 0 Å². The van der Waals surface area contributed by atoms with Gasteiger partial charge in [0.2, 0.25) is 0 Å². The van der Waals surface area contributed by atoms with Gasteiger partial charge in [0.1, 0.15) is 5.82 Å². The Bertz CT molecular complexity index is 521. The molecule has 15 heavy (non-hydrogen) atoms. The van der Waals surface area contributed by atoms with Gasteiger partial charge >= 0.3 is 0 Å². The van der Waals surface area contributed by atoms with Crippen LogP contribution in [-0.2, 0) is 6.42 Å². The molecule has 0 heterocycles. The van der Waals surface area contributed by atoms with Crippen molar-refractivity contribution in [2.24, 2.45) is 0 Å². The highest BCUT2D eigenvalue weighted by atomic mass is 19.1. The van der Waals surface area contributed by atoms with Gasteiger partial charge in [-0.1, -0.05) is 13.0 Å². The summed E-state index contributed by atoms with van der Waals surface area (Å²) in [5.74, 6) is -0.659. The predicted molar refractivity (Wildman–Crippen MR) is 56.6 cm³/mol. The molecular weight excluding hydrogens is 195 g/mol. The Morgan fingerprint density at radius 3 is 2.40 bits per heavy atom. The SMILES string of the molecule is CCc1c(F)ccc2c(O)c(O)ccc12. The highest BCUT2D eigenvalue weighted by molar-refractivity contribution is 5.92. The van der Waals surface area contributed by atoms with E-state index in [9.17, 15) is 14.6 Å². The molecule has 78 valence electrons. The van der Waals surface area contributed by atoms with E-state index in [2.05, 4.69) is 0 Å². The number of hydrogen-bond acceptors (Lipinski definition) is 2. The minimum Gasteiger partial charge on any atom is -0.504 e. The fourth-order valence-electron chi connectivity index (χ4n) is 1.77. The highest BCUT2D eigenvalue weighted by Gasteiger charge is 2.10. The Hall–Kier alpha value is -1.77. The molecule has 0 aliphatic carbocycles. The van der Waals surface area contributed by atoms with Crippen molar-refractivity contribution in [1.29, 1.82) is 0 Å². The zero-order valence-electron chi connectivity index (χ0n) is 8.29. The van der Waals surface area contributed by atoms with E-state index in [1.807, 2.05) is 6.92 Å². The van der Waals surface area contributed by atoms with Crippen LogP contribution in [0.3, 0.4) is 0 Å². The van der Waals surface area contributed by atoms with Gasteiger partial charge in [-0.25, -0.2) is 4.39 Å². The number of rotatable bonds is 1. The van der Waals surface area contributed by atoms with E-state index < -0.39 is 0 Å². The molecule has 0 fully saturated rings. The van der Waals surface area contributed by atoms with Gasteiger partial charge < -0.3 is 10.2 Å². The van der Waals surface area contributed by atoms with Crippen LogP contribution in [0, 0.1) is 5.82 Å². The summed E-state index contributed by atoms with van der Waals surface area (Å²) in [5, 5.41) is 20.0. The Morgan fingerprint density at radius 2 is 1.73 bits per heavy atom. The lowest BCUT2D eigenvalue weighted by Gasteiger charge is -2.08. The quantitative estimate of drug-likeness (QED) is 0.704. The first-order valence-electron chi connectivity index (χ1n) is 4.77. The molecule has 2 nitrogen and oxygen atoms in total. The average molecular weight is 206 g/mol. The smallest absolute Gasteiger partial charge is 0.165 e. The monoisotopic (exact) mass is 206 g/mol. The zero-order valence-corrected chi connectivity index (χ0v) is 8.29. The summed E-state index contributed by atoms with van der Waals surface area (Å²) in [7, 11) is 0. The van der Waals surface area contributed by atoms with Crippen LogP contribution in [0.2, 0.25) is 0 Å². The molecule has 2 N–H and O–H groups in total. The third-order valence-electron chi connectivity index (χ3n) is 2.56. The molecular formula is C12H11FO2. The largest absolute Gasteiger partial charge is 0.504 e. The summed E-state index contributed by atoms with van der Waals surface area (Å²) in [6.07, 6.45) is 0.549. The normalized spacial score (nSPS) is 10.8. The molecule has 0 aliphatic heterocycles. The van der Waals surface area contributed by atoms with Crippen molar-refractivity contribution < 1.29 is 14.6 Å². The fraction of sp³-hybridized carbons (Fsp3) is 0.167. The summed E-state index contributed by atoms with van der Waals surface area (Å²) in [6, 6.07) is 5.77. The van der Waals surface area contributed by atoms with Crippen LogP contribution < -0.4 is 0 Å². The van der Waals surface area contributed by atoms with Crippen molar-refractivity contribution in [3.05, 3.63) is 35.6 Å². The topological polar surface area (TPSA) is 40.5 Å². The van der Waals surface area contributed by atoms with E-state index in [1.165, 1.54) is 18.2 Å². The molecule has 0 bridgehead atoms. The molecule has 0 spiro atoms. The van der Waals surface area contributed by atoms with Crippen LogP contribution in [0.25, 0.3) is 10.8 Å². The third kappa shape index (κ3) is 1.40. The van der Waals surface area contributed by atoms with Crippen LogP contribution in [-0.4, -0.2) is 10.2 Å². The maximum Gasteiger partial charge on any atom is 0.165 e. The second-order valence-electron chi connectivity index (χ2n) is 3.41. The summed E-state index contributed by atoms with van der Waals surface area (Å²) in [5.41, 5.74) is 0.558. The Balaban J connectivity index is 2.89. The molecule has 0 unspecified atom stereocenters. The van der Waals surface area contributed by atoms with E-state index in [0.29, 0.717) is 22.8 Å². The number of halogens is 1. The number of phenolic OH excluding ortho intramolecular Hbond substituents is 2. The molecule has 0 saturated heterocycles. The first kappa shape index (κ1) is 9.77. The predicted octanol–water partition coefficient (Wildman–Crippen LogP) is 2.95. The number of benzene rings is 2. The third-order valence-corrected chi connectivity index (χ3v) is 2.56. The number of fused-ring (bicyclic) bond motifs is 1. The van der Waals surface area contributed by atoms with Crippen LogP contribution in [0.4, 0.5) is 4.39 Å². The maximum atomic E-state index is 13.4. The van der Waals surface area contributed by atoms with Gasteiger partial charge in [-0.15, -0.1) is 0 Å². The van der Waals surface area contributed by atoms with Gasteiger partial charge in [0.15, 0.2) is 11.5 Å². The second kappa shape index (κ2) is 3.42. The lowest BCUT2D eigenvalue weighted by Crippen LogP contribution is -1.90. The molecule has 0 amide bonds. The Kier molecular flexibility index (Phi) is 2.23. The number of aromatic hydroxyl groups is 2. The van der Waals surface area contributed by atoms with Crippen molar-refractivity contribution in [2.45, 2.75) is 13.3 Å². The lowest BCUT2D eigenvalue weighted by molar-refractivity contribution is 0.408. The Labute approximate surface area is 86.6 Å². The number of hydrogen-bond donors (Lipinski definition) is 2. The first-order valence-corrected chi connectivity index (χ1v) is 4.77. The molecule has 0 aromatic heterocycles. The lowest BCUT2D eigenvalue weighted by atomic mass is 10.0. The zero-order chi connectivity index (χ0) is 11.0. The van der Waals surface area contributed by atoms with Gasteiger partial charge in [0.25, 0.3) is 0 Å². The van der Waals surface area contributed by atoms with Crippen LogP contribution in [0.5, 0.6) is 11.5 Å². The molecule has 0 radical (unpaired) electrons. The molecule has 3 heteroatoms. The minimum absolute atomic E-state index is 0.184. The maximum absolute atomic E-state index is 13.4. The molecule has 2 aromatic carbocycles. The van der Waals surface area contributed by atoms with Gasteiger partial charge in [0, 0.05) is 5.39 Å². The van der Waals surface area contributed by atoms with Crippen molar-refractivity contribution in [1.82, 2.24) is 0 Å². The highest BCUT2D eigenvalue weighted by Crippen LogP contribution is 2.35. The first-order chi connectivity index (χ1) is 7.15. The Morgan fingerprint density at radius 1 is 1.07 bits per heavy atom. The van der Waals surface area contributed by atoms with E-state index >= 15 is 0 Å². The molecule has 0 atom stereocenters. The van der Waals surface area contributed by atoms with Crippen LogP contribution >= 0.6 is 0 Å². The van der Waals surface area contributed by atoms with Crippen LogP contribution in [0.15, 0.2) is 24.3 Å². The summed E-state index contributed by atoms with van der Waals surface area (Å²) in [4.78, 5) is 0. The van der Waals surface area contributed by atoms with Gasteiger partial charge in [-0.05, 0) is 35.6 Å². The van der Waals surface area contributed by atoms with Crippen LogP contribution in [0.1, 0.15) is 12.5 Å². The summed E-state index contributed by atoms with van der Waals surface area (Å²) in [6.45, 7) is 1.85. The van der Waals surface area contributed by atoms with Gasteiger partial charge in [0.05, 0.1) is 0 Å². The standard InChI is InChI=1S/C12H11FO2/c1-2-7-8-4-6-11(14)12(15)9(8)3-5-10(7)13/h3-6,14-15H,2H2,1H3. The molecule has 2 aromatic rings. The molecule has 2 rings (SSSR count). The van der Waals surface area contributed by atoms with E-state index in [0.717, 1.165) is 0 Å².